The predicted octanol–water partition coefficient (Wildman–Crippen LogP) is 2.30. The van der Waals surface area contributed by atoms with Gasteiger partial charge in [0, 0.05) is 13.1 Å². The number of piperidine rings is 1. The molecule has 3 nitrogen and oxygen atoms in total. The summed E-state index contributed by atoms with van der Waals surface area (Å²) >= 11 is 0. The highest BCUT2D eigenvalue weighted by molar-refractivity contribution is 5.23. The molecule has 4 heteroatoms. The van der Waals surface area contributed by atoms with Crippen LogP contribution in [0, 0.1) is 11.7 Å². The van der Waals surface area contributed by atoms with Crippen LogP contribution in [0.1, 0.15) is 19.8 Å². The molecule has 2 atom stereocenters. The smallest absolute Gasteiger partial charge is 0.165 e. The molecule has 106 valence electrons. The van der Waals surface area contributed by atoms with Crippen LogP contribution in [-0.4, -0.2) is 42.4 Å². The number of hydrogen-bond donors (Lipinski definition) is 1. The quantitative estimate of drug-likeness (QED) is 0.888. The Hall–Kier alpha value is -1.13. The standard InChI is InChI=1S/C15H22FNO2/c1-12-5-4-8-17(9-12)10-13(18)11-19-15-7-3-2-6-14(15)16/h2-3,6-7,12-13,18H,4-5,8-11H2,1H3/t12-,13-/m0/s1. The molecule has 1 aliphatic rings. The molecule has 0 radical (unpaired) electrons. The zero-order valence-corrected chi connectivity index (χ0v) is 11.4. The van der Waals surface area contributed by atoms with E-state index in [2.05, 4.69) is 11.8 Å². The van der Waals surface area contributed by atoms with Crippen molar-refractivity contribution in [2.45, 2.75) is 25.9 Å². The first-order chi connectivity index (χ1) is 9.15. The average Bonchev–Trinajstić information content (AvgIpc) is 2.38. The first-order valence-corrected chi connectivity index (χ1v) is 6.93. The fourth-order valence-corrected chi connectivity index (χ4v) is 2.55. The van der Waals surface area contributed by atoms with Crippen LogP contribution in [0.25, 0.3) is 0 Å². The van der Waals surface area contributed by atoms with Crippen LogP contribution >= 0.6 is 0 Å². The summed E-state index contributed by atoms with van der Waals surface area (Å²) in [4.78, 5) is 2.25. The van der Waals surface area contributed by atoms with E-state index in [1.807, 2.05) is 0 Å². The van der Waals surface area contributed by atoms with Gasteiger partial charge in [-0.2, -0.15) is 0 Å². The lowest BCUT2D eigenvalue weighted by Gasteiger charge is -2.32. The van der Waals surface area contributed by atoms with Crippen molar-refractivity contribution in [3.8, 4) is 5.75 Å². The van der Waals surface area contributed by atoms with Crippen molar-refractivity contribution in [2.75, 3.05) is 26.2 Å². The zero-order chi connectivity index (χ0) is 13.7. The van der Waals surface area contributed by atoms with Crippen molar-refractivity contribution < 1.29 is 14.2 Å². The molecular formula is C15H22FNO2. The van der Waals surface area contributed by atoms with Crippen LogP contribution in [-0.2, 0) is 0 Å². The van der Waals surface area contributed by atoms with E-state index in [-0.39, 0.29) is 18.2 Å². The highest BCUT2D eigenvalue weighted by Crippen LogP contribution is 2.17. The van der Waals surface area contributed by atoms with Crippen LogP contribution in [0.15, 0.2) is 24.3 Å². The van der Waals surface area contributed by atoms with Crippen molar-refractivity contribution in [3.63, 3.8) is 0 Å². The minimum atomic E-state index is -0.579. The third kappa shape index (κ3) is 4.48. The number of aliphatic hydroxyl groups excluding tert-OH is 1. The maximum absolute atomic E-state index is 13.3. The number of nitrogens with zero attached hydrogens (tertiary/aromatic N) is 1. The summed E-state index contributed by atoms with van der Waals surface area (Å²) in [6.45, 7) is 5.01. The van der Waals surface area contributed by atoms with E-state index >= 15 is 0 Å². The number of β-amino-alcohol motifs (C(OH)–C–C–N with tert-alkyl or cyclic N) is 1. The van der Waals surface area contributed by atoms with E-state index in [9.17, 15) is 9.50 Å². The molecule has 0 spiro atoms. The fraction of sp³-hybridized carbons (Fsp3) is 0.600. The number of benzene rings is 1. The van der Waals surface area contributed by atoms with Crippen LogP contribution in [0.5, 0.6) is 5.75 Å². The minimum absolute atomic E-state index is 0.131. The first kappa shape index (κ1) is 14.3. The Labute approximate surface area is 114 Å². The summed E-state index contributed by atoms with van der Waals surface area (Å²) in [5.74, 6) is 0.503. The van der Waals surface area contributed by atoms with Gasteiger partial charge >= 0.3 is 0 Å². The highest BCUT2D eigenvalue weighted by Gasteiger charge is 2.19. The second kappa shape index (κ2) is 6.87. The van der Waals surface area contributed by atoms with E-state index in [4.69, 9.17) is 4.74 Å². The molecular weight excluding hydrogens is 245 g/mol. The van der Waals surface area contributed by atoms with Gasteiger partial charge in [-0.15, -0.1) is 0 Å². The monoisotopic (exact) mass is 267 g/mol. The molecule has 0 amide bonds. The van der Waals surface area contributed by atoms with Gasteiger partial charge in [0.2, 0.25) is 0 Å². The van der Waals surface area contributed by atoms with E-state index in [0.29, 0.717) is 12.5 Å². The molecule has 1 heterocycles. The van der Waals surface area contributed by atoms with Crippen molar-refractivity contribution >= 4 is 0 Å². The van der Waals surface area contributed by atoms with E-state index in [0.717, 1.165) is 13.1 Å². The lowest BCUT2D eigenvalue weighted by molar-refractivity contribution is 0.0526. The normalized spacial score (nSPS) is 22.2. The Morgan fingerprint density at radius 2 is 2.26 bits per heavy atom. The first-order valence-electron chi connectivity index (χ1n) is 6.93. The zero-order valence-electron chi connectivity index (χ0n) is 11.4. The van der Waals surface area contributed by atoms with Crippen molar-refractivity contribution in [3.05, 3.63) is 30.1 Å². The molecule has 0 aliphatic carbocycles. The number of likely N-dealkylation sites (tertiary alicyclic amines) is 1. The van der Waals surface area contributed by atoms with Crippen molar-refractivity contribution in [2.24, 2.45) is 5.92 Å². The SMILES string of the molecule is C[C@H]1CCCN(C[C@H](O)COc2ccccc2F)C1. The Bertz CT molecular complexity index is 399. The lowest BCUT2D eigenvalue weighted by Crippen LogP contribution is -2.41. The Morgan fingerprint density at radius 3 is 3.00 bits per heavy atom. The molecule has 0 saturated carbocycles. The molecule has 2 rings (SSSR count). The Morgan fingerprint density at radius 1 is 1.47 bits per heavy atom. The molecule has 1 fully saturated rings. The van der Waals surface area contributed by atoms with Gasteiger partial charge in [0.25, 0.3) is 0 Å². The number of para-hydroxylation sites is 1. The average molecular weight is 267 g/mol. The van der Waals surface area contributed by atoms with E-state index in [1.165, 1.54) is 18.9 Å². The Balaban J connectivity index is 1.75. The summed E-state index contributed by atoms with van der Waals surface area (Å²) in [6.07, 6.45) is 1.87. The fourth-order valence-electron chi connectivity index (χ4n) is 2.55. The number of aliphatic hydroxyl groups is 1. The van der Waals surface area contributed by atoms with Gasteiger partial charge in [0.05, 0.1) is 0 Å². The number of hydrogen-bond acceptors (Lipinski definition) is 3. The van der Waals surface area contributed by atoms with Gasteiger partial charge in [0.15, 0.2) is 11.6 Å². The van der Waals surface area contributed by atoms with Crippen LogP contribution < -0.4 is 4.74 Å². The van der Waals surface area contributed by atoms with Gasteiger partial charge < -0.3 is 14.7 Å². The topological polar surface area (TPSA) is 32.7 Å². The summed E-state index contributed by atoms with van der Waals surface area (Å²) in [5.41, 5.74) is 0. The number of ether oxygens (including phenoxy) is 1. The molecule has 1 N–H and O–H groups in total. The van der Waals surface area contributed by atoms with Gasteiger partial charge in [-0.1, -0.05) is 19.1 Å². The maximum atomic E-state index is 13.3. The van der Waals surface area contributed by atoms with Crippen LogP contribution in [0.3, 0.4) is 0 Å². The molecule has 1 saturated heterocycles. The van der Waals surface area contributed by atoms with Gasteiger partial charge in [-0.05, 0) is 37.4 Å². The summed E-state index contributed by atoms with van der Waals surface area (Å²) < 4.78 is 18.6. The molecule has 0 unspecified atom stereocenters. The van der Waals surface area contributed by atoms with Gasteiger partial charge in [-0.25, -0.2) is 4.39 Å². The second-order valence-electron chi connectivity index (χ2n) is 5.40. The molecule has 1 aliphatic heterocycles. The lowest BCUT2D eigenvalue weighted by atomic mass is 10.0. The van der Waals surface area contributed by atoms with Gasteiger partial charge in [-0.3, -0.25) is 0 Å². The van der Waals surface area contributed by atoms with Crippen molar-refractivity contribution in [1.82, 2.24) is 4.90 Å². The summed E-state index contributed by atoms with van der Waals surface area (Å²) in [6, 6.07) is 6.27. The third-order valence-electron chi connectivity index (χ3n) is 3.48. The van der Waals surface area contributed by atoms with Gasteiger partial charge in [0.1, 0.15) is 12.7 Å². The largest absolute Gasteiger partial charge is 0.488 e. The predicted molar refractivity (Wildman–Crippen MR) is 72.7 cm³/mol. The van der Waals surface area contributed by atoms with Crippen LogP contribution in [0.2, 0.25) is 0 Å². The number of halogens is 1. The van der Waals surface area contributed by atoms with E-state index in [1.54, 1.807) is 18.2 Å². The second-order valence-corrected chi connectivity index (χ2v) is 5.40. The minimum Gasteiger partial charge on any atom is -0.488 e. The molecule has 1 aromatic rings. The molecule has 0 aromatic heterocycles. The molecule has 19 heavy (non-hydrogen) atoms. The summed E-state index contributed by atoms with van der Waals surface area (Å²) in [5, 5.41) is 9.95. The molecule has 0 bridgehead atoms. The third-order valence-corrected chi connectivity index (χ3v) is 3.48. The summed E-state index contributed by atoms with van der Waals surface area (Å²) in [7, 11) is 0. The molecule has 1 aromatic carbocycles. The van der Waals surface area contributed by atoms with E-state index < -0.39 is 6.10 Å². The Kier molecular flexibility index (Phi) is 5.16. The number of rotatable bonds is 5. The van der Waals surface area contributed by atoms with Crippen LogP contribution in [0.4, 0.5) is 4.39 Å². The maximum Gasteiger partial charge on any atom is 0.165 e. The highest BCUT2D eigenvalue weighted by atomic mass is 19.1. The van der Waals surface area contributed by atoms with Crippen molar-refractivity contribution in [1.29, 1.82) is 0 Å².